The van der Waals surface area contributed by atoms with Crippen LogP contribution in [-0.4, -0.2) is 22.1 Å². The molecular formula is C9H10BrClN2O2. The fraction of sp³-hybridized carbons (Fsp3) is 0.333. The highest BCUT2D eigenvalue weighted by Gasteiger charge is 2.16. The van der Waals surface area contributed by atoms with E-state index < -0.39 is 12.0 Å². The first-order valence-electron chi connectivity index (χ1n) is 4.35. The zero-order chi connectivity index (χ0) is 11.4. The zero-order valence-corrected chi connectivity index (χ0v) is 10.3. The number of nitrogens with zero attached hydrogens (tertiary/aromatic N) is 1. The molecule has 1 atom stereocenters. The van der Waals surface area contributed by atoms with Gasteiger partial charge in [-0.05, 0) is 28.4 Å². The third kappa shape index (κ3) is 3.35. The first-order chi connectivity index (χ1) is 7.04. The molecule has 6 heteroatoms. The van der Waals surface area contributed by atoms with Crippen LogP contribution in [0.4, 0.5) is 5.69 Å². The molecule has 82 valence electrons. The number of carboxylic acid groups (broad SMARTS) is 1. The van der Waals surface area contributed by atoms with E-state index in [4.69, 9.17) is 16.7 Å². The molecule has 0 aromatic carbocycles. The maximum Gasteiger partial charge on any atom is 0.326 e. The fourth-order valence-electron chi connectivity index (χ4n) is 1.05. The van der Waals surface area contributed by atoms with Crippen LogP contribution < -0.4 is 5.32 Å². The first-order valence-corrected chi connectivity index (χ1v) is 5.52. The minimum absolute atomic E-state index is 0.262. The van der Waals surface area contributed by atoms with Gasteiger partial charge in [0, 0.05) is 10.7 Å². The van der Waals surface area contributed by atoms with E-state index in [-0.39, 0.29) is 5.15 Å². The third-order valence-electron chi connectivity index (χ3n) is 1.84. The van der Waals surface area contributed by atoms with Crippen LogP contribution in [0.5, 0.6) is 0 Å². The Morgan fingerprint density at radius 1 is 1.80 bits per heavy atom. The number of aliphatic carboxylic acids is 1. The summed E-state index contributed by atoms with van der Waals surface area (Å²) >= 11 is 9.05. The van der Waals surface area contributed by atoms with Crippen molar-refractivity contribution in [2.24, 2.45) is 0 Å². The summed E-state index contributed by atoms with van der Waals surface area (Å²) in [5, 5.41) is 11.9. The van der Waals surface area contributed by atoms with E-state index in [1.807, 2.05) is 0 Å². The van der Waals surface area contributed by atoms with Gasteiger partial charge in [0.05, 0.1) is 5.69 Å². The van der Waals surface area contributed by atoms with Gasteiger partial charge in [-0.15, -0.1) is 0 Å². The lowest BCUT2D eigenvalue weighted by atomic mass is 10.2. The number of carboxylic acids is 1. The van der Waals surface area contributed by atoms with Gasteiger partial charge in [-0.25, -0.2) is 9.78 Å². The molecule has 0 spiro atoms. The Bertz CT molecular complexity index is 373. The Balaban J connectivity index is 2.87. The second kappa shape index (κ2) is 5.32. The van der Waals surface area contributed by atoms with E-state index in [0.717, 1.165) is 4.47 Å². The van der Waals surface area contributed by atoms with Gasteiger partial charge in [-0.2, -0.15) is 0 Å². The molecule has 2 N–H and O–H groups in total. The van der Waals surface area contributed by atoms with Gasteiger partial charge in [0.1, 0.15) is 6.04 Å². The van der Waals surface area contributed by atoms with Gasteiger partial charge in [0.15, 0.2) is 5.15 Å². The summed E-state index contributed by atoms with van der Waals surface area (Å²) in [6, 6.07) is 1.04. The number of halogens is 2. The Labute approximate surface area is 101 Å². The number of nitrogens with one attached hydrogen (secondary N) is 1. The Hall–Kier alpha value is -0.810. The molecule has 1 unspecified atom stereocenters. The first kappa shape index (κ1) is 12.3. The lowest BCUT2D eigenvalue weighted by molar-refractivity contribution is -0.137. The van der Waals surface area contributed by atoms with Crippen LogP contribution in [0, 0.1) is 0 Å². The molecule has 4 nitrogen and oxygen atoms in total. The Kier molecular flexibility index (Phi) is 4.35. The smallest absolute Gasteiger partial charge is 0.326 e. The molecule has 0 saturated carbocycles. The maximum absolute atomic E-state index is 10.8. The van der Waals surface area contributed by atoms with Crippen LogP contribution in [0.1, 0.15) is 13.3 Å². The SMILES string of the molecule is CCC(Nc1cc(Br)cnc1Cl)C(=O)O. The van der Waals surface area contributed by atoms with Gasteiger partial charge in [0.2, 0.25) is 0 Å². The molecule has 0 bridgehead atoms. The van der Waals surface area contributed by atoms with Crippen molar-refractivity contribution in [2.75, 3.05) is 5.32 Å². The van der Waals surface area contributed by atoms with E-state index >= 15 is 0 Å². The van der Waals surface area contributed by atoms with Crippen LogP contribution >= 0.6 is 27.5 Å². The highest BCUT2D eigenvalue weighted by atomic mass is 79.9. The van der Waals surface area contributed by atoms with E-state index in [1.54, 1.807) is 19.2 Å². The third-order valence-corrected chi connectivity index (χ3v) is 2.58. The van der Waals surface area contributed by atoms with Crippen LogP contribution in [0.15, 0.2) is 16.7 Å². The maximum atomic E-state index is 10.8. The molecule has 1 heterocycles. The Morgan fingerprint density at radius 3 is 3.00 bits per heavy atom. The molecule has 0 radical (unpaired) electrons. The molecule has 0 aliphatic heterocycles. The van der Waals surface area contributed by atoms with Gasteiger partial charge in [-0.1, -0.05) is 18.5 Å². The summed E-state index contributed by atoms with van der Waals surface area (Å²) in [6.45, 7) is 1.78. The van der Waals surface area contributed by atoms with Crippen LogP contribution in [0.2, 0.25) is 5.15 Å². The van der Waals surface area contributed by atoms with Crippen molar-refractivity contribution >= 4 is 39.2 Å². The summed E-state index contributed by atoms with van der Waals surface area (Å²) < 4.78 is 0.745. The van der Waals surface area contributed by atoms with Crippen molar-refractivity contribution < 1.29 is 9.90 Å². The normalized spacial score (nSPS) is 12.2. The van der Waals surface area contributed by atoms with Gasteiger partial charge < -0.3 is 10.4 Å². The molecule has 1 aromatic rings. The number of hydrogen-bond acceptors (Lipinski definition) is 3. The quantitative estimate of drug-likeness (QED) is 0.838. The van der Waals surface area contributed by atoms with E-state index in [0.29, 0.717) is 12.1 Å². The summed E-state index contributed by atoms with van der Waals surface area (Å²) in [6.07, 6.45) is 2.02. The highest BCUT2D eigenvalue weighted by molar-refractivity contribution is 9.10. The highest BCUT2D eigenvalue weighted by Crippen LogP contribution is 2.23. The van der Waals surface area contributed by atoms with E-state index in [9.17, 15) is 4.79 Å². The predicted octanol–water partition coefficient (Wildman–Crippen LogP) is 2.77. The fourth-order valence-corrected chi connectivity index (χ4v) is 1.54. The number of anilines is 1. The number of pyridine rings is 1. The zero-order valence-electron chi connectivity index (χ0n) is 8.00. The van der Waals surface area contributed by atoms with Crippen LogP contribution in [0.3, 0.4) is 0 Å². The van der Waals surface area contributed by atoms with Crippen molar-refractivity contribution in [3.8, 4) is 0 Å². The monoisotopic (exact) mass is 292 g/mol. The number of aromatic nitrogens is 1. The predicted molar refractivity (Wildman–Crippen MR) is 62.3 cm³/mol. The van der Waals surface area contributed by atoms with Crippen LogP contribution in [-0.2, 0) is 4.79 Å². The van der Waals surface area contributed by atoms with Gasteiger partial charge in [0.25, 0.3) is 0 Å². The molecular weight excluding hydrogens is 283 g/mol. The van der Waals surface area contributed by atoms with Gasteiger partial charge in [-0.3, -0.25) is 0 Å². The van der Waals surface area contributed by atoms with Gasteiger partial charge >= 0.3 is 5.97 Å². The van der Waals surface area contributed by atoms with Crippen molar-refractivity contribution in [3.63, 3.8) is 0 Å². The molecule has 15 heavy (non-hydrogen) atoms. The summed E-state index contributed by atoms with van der Waals surface area (Å²) in [7, 11) is 0. The lowest BCUT2D eigenvalue weighted by Gasteiger charge is -2.14. The molecule has 0 aliphatic carbocycles. The second-order valence-electron chi connectivity index (χ2n) is 2.94. The number of carbonyl (C=O) groups is 1. The van der Waals surface area contributed by atoms with E-state index in [2.05, 4.69) is 26.2 Å². The molecule has 0 amide bonds. The van der Waals surface area contributed by atoms with Crippen molar-refractivity contribution in [3.05, 3.63) is 21.9 Å². The van der Waals surface area contributed by atoms with E-state index in [1.165, 1.54) is 0 Å². The topological polar surface area (TPSA) is 62.2 Å². The standard InChI is InChI=1S/C9H10BrClN2O2/c1-2-6(9(14)15)13-7-3-5(10)4-12-8(7)11/h3-4,6,13H,2H2,1H3,(H,14,15). The molecule has 1 rings (SSSR count). The molecule has 0 fully saturated rings. The average Bonchev–Trinajstić information content (AvgIpc) is 2.18. The minimum Gasteiger partial charge on any atom is -0.480 e. The van der Waals surface area contributed by atoms with Crippen LogP contribution in [0.25, 0.3) is 0 Å². The summed E-state index contributed by atoms with van der Waals surface area (Å²) in [4.78, 5) is 14.7. The summed E-state index contributed by atoms with van der Waals surface area (Å²) in [5.41, 5.74) is 0.514. The molecule has 0 aliphatic rings. The Morgan fingerprint density at radius 2 is 2.47 bits per heavy atom. The number of rotatable bonds is 4. The van der Waals surface area contributed by atoms with Crippen molar-refractivity contribution in [1.29, 1.82) is 0 Å². The minimum atomic E-state index is -0.909. The second-order valence-corrected chi connectivity index (χ2v) is 4.21. The largest absolute Gasteiger partial charge is 0.480 e. The molecule has 1 aromatic heterocycles. The number of hydrogen-bond donors (Lipinski definition) is 2. The molecule has 0 saturated heterocycles. The lowest BCUT2D eigenvalue weighted by Crippen LogP contribution is -2.28. The summed E-state index contributed by atoms with van der Waals surface area (Å²) in [5.74, 6) is -0.909. The average molecular weight is 294 g/mol. The van der Waals surface area contributed by atoms with Crippen molar-refractivity contribution in [1.82, 2.24) is 4.98 Å². The van der Waals surface area contributed by atoms with Crippen molar-refractivity contribution in [2.45, 2.75) is 19.4 Å².